The fourth-order valence-corrected chi connectivity index (χ4v) is 2.90. The molecular weight excluding hydrogens is 250 g/mol. The Balaban J connectivity index is 1.83. The van der Waals surface area contributed by atoms with Crippen LogP contribution in [-0.4, -0.2) is 43.0 Å². The van der Waals surface area contributed by atoms with Gasteiger partial charge < -0.3 is 16.0 Å². The highest BCUT2D eigenvalue weighted by atomic mass is 16.1. The van der Waals surface area contributed by atoms with Crippen molar-refractivity contribution in [1.82, 2.24) is 10.2 Å². The molecule has 0 aromatic heterocycles. The number of carbonyl (C=O) groups excluding carboxylic acids is 1. The van der Waals surface area contributed by atoms with E-state index >= 15 is 0 Å². The number of hydrogen-bond acceptors (Lipinski definition) is 3. The Labute approximate surface area is 121 Å². The van der Waals surface area contributed by atoms with Crippen molar-refractivity contribution in [2.75, 3.05) is 26.2 Å². The van der Waals surface area contributed by atoms with E-state index in [1.807, 2.05) is 6.07 Å². The van der Waals surface area contributed by atoms with E-state index in [1.54, 1.807) is 6.92 Å². The van der Waals surface area contributed by atoms with Gasteiger partial charge in [-0.15, -0.1) is 0 Å². The fourth-order valence-electron chi connectivity index (χ4n) is 2.90. The Morgan fingerprint density at radius 2 is 2.00 bits per heavy atom. The molecular formula is C16H25N3O. The number of nitrogens with two attached hydrogens (primary N) is 1. The number of hydrogen-bond donors (Lipinski definition) is 2. The van der Waals surface area contributed by atoms with Crippen LogP contribution in [0.15, 0.2) is 30.3 Å². The van der Waals surface area contributed by atoms with Crippen LogP contribution in [0, 0.1) is 0 Å². The highest BCUT2D eigenvalue weighted by molar-refractivity contribution is 5.73. The van der Waals surface area contributed by atoms with Gasteiger partial charge in [0.25, 0.3) is 0 Å². The van der Waals surface area contributed by atoms with Gasteiger partial charge in [0.15, 0.2) is 0 Å². The average Bonchev–Trinajstić information content (AvgIpc) is 2.47. The third kappa shape index (κ3) is 4.32. The number of benzene rings is 1. The van der Waals surface area contributed by atoms with Gasteiger partial charge in [-0.1, -0.05) is 30.3 Å². The number of nitrogens with zero attached hydrogens (tertiary/aromatic N) is 1. The lowest BCUT2D eigenvalue weighted by Crippen LogP contribution is -2.45. The topological polar surface area (TPSA) is 58.4 Å². The molecule has 4 heteroatoms. The molecule has 1 fully saturated rings. The molecule has 110 valence electrons. The SMILES string of the molecule is CC(=O)NC1CCN(CC(CN)c2ccccc2)CC1. The van der Waals surface area contributed by atoms with Crippen molar-refractivity contribution in [3.63, 3.8) is 0 Å². The molecule has 1 aliphatic rings. The first kappa shape index (κ1) is 15.0. The van der Waals surface area contributed by atoms with Crippen molar-refractivity contribution in [3.05, 3.63) is 35.9 Å². The van der Waals surface area contributed by atoms with Gasteiger partial charge in [-0.3, -0.25) is 4.79 Å². The molecule has 1 unspecified atom stereocenters. The summed E-state index contributed by atoms with van der Waals surface area (Å²) in [7, 11) is 0. The molecule has 4 nitrogen and oxygen atoms in total. The van der Waals surface area contributed by atoms with E-state index in [1.165, 1.54) is 5.56 Å². The Kier molecular flexibility index (Phi) is 5.56. The molecule has 1 atom stereocenters. The molecule has 1 heterocycles. The molecule has 1 aromatic rings. The minimum atomic E-state index is 0.0765. The standard InChI is InChI=1S/C16H25N3O/c1-13(20)18-16-7-9-19(10-8-16)12-15(11-17)14-5-3-2-4-6-14/h2-6,15-16H,7-12,17H2,1H3,(H,18,20). The summed E-state index contributed by atoms with van der Waals surface area (Å²) in [6.45, 7) is 5.34. The third-order valence-electron chi connectivity index (χ3n) is 4.03. The van der Waals surface area contributed by atoms with Crippen molar-refractivity contribution < 1.29 is 4.79 Å². The summed E-state index contributed by atoms with van der Waals surface area (Å²) in [6, 6.07) is 10.8. The maximum atomic E-state index is 11.1. The predicted octanol–water partition coefficient (Wildman–Crippen LogP) is 1.33. The maximum Gasteiger partial charge on any atom is 0.217 e. The van der Waals surface area contributed by atoms with Crippen LogP contribution < -0.4 is 11.1 Å². The molecule has 20 heavy (non-hydrogen) atoms. The third-order valence-corrected chi connectivity index (χ3v) is 4.03. The zero-order valence-electron chi connectivity index (χ0n) is 12.2. The summed E-state index contributed by atoms with van der Waals surface area (Å²) >= 11 is 0. The lowest BCUT2D eigenvalue weighted by atomic mass is 9.97. The van der Waals surface area contributed by atoms with E-state index in [4.69, 9.17) is 5.73 Å². The molecule has 3 N–H and O–H groups in total. The highest BCUT2D eigenvalue weighted by Crippen LogP contribution is 2.18. The molecule has 0 radical (unpaired) electrons. The molecule has 0 saturated carbocycles. The molecule has 1 saturated heterocycles. The highest BCUT2D eigenvalue weighted by Gasteiger charge is 2.22. The second-order valence-electron chi connectivity index (χ2n) is 5.62. The molecule has 0 aliphatic carbocycles. The van der Waals surface area contributed by atoms with Crippen LogP contribution in [0.4, 0.5) is 0 Å². The lowest BCUT2D eigenvalue weighted by molar-refractivity contribution is -0.119. The molecule has 2 rings (SSSR count). The fraction of sp³-hybridized carbons (Fsp3) is 0.562. The van der Waals surface area contributed by atoms with Crippen molar-refractivity contribution >= 4 is 5.91 Å². The molecule has 0 bridgehead atoms. The molecule has 1 aromatic carbocycles. The monoisotopic (exact) mass is 275 g/mol. The second kappa shape index (κ2) is 7.41. The van der Waals surface area contributed by atoms with E-state index in [-0.39, 0.29) is 5.91 Å². The van der Waals surface area contributed by atoms with Gasteiger partial charge in [0.05, 0.1) is 0 Å². The van der Waals surface area contributed by atoms with E-state index < -0.39 is 0 Å². The van der Waals surface area contributed by atoms with Crippen LogP contribution in [0.2, 0.25) is 0 Å². The average molecular weight is 275 g/mol. The quantitative estimate of drug-likeness (QED) is 0.852. The summed E-state index contributed by atoms with van der Waals surface area (Å²) in [5.41, 5.74) is 7.25. The van der Waals surface area contributed by atoms with Crippen LogP contribution in [-0.2, 0) is 4.79 Å². The van der Waals surface area contributed by atoms with Gasteiger partial charge >= 0.3 is 0 Å². The van der Waals surface area contributed by atoms with Gasteiger partial charge in [-0.2, -0.15) is 0 Å². The van der Waals surface area contributed by atoms with Gasteiger partial charge in [-0.25, -0.2) is 0 Å². The Morgan fingerprint density at radius 3 is 2.55 bits per heavy atom. The van der Waals surface area contributed by atoms with Crippen LogP contribution in [0.3, 0.4) is 0 Å². The number of rotatable bonds is 5. The number of likely N-dealkylation sites (tertiary alicyclic amines) is 1. The van der Waals surface area contributed by atoms with E-state index in [0.29, 0.717) is 18.5 Å². The van der Waals surface area contributed by atoms with Gasteiger partial charge in [0, 0.05) is 45.1 Å². The van der Waals surface area contributed by atoms with Gasteiger partial charge in [-0.05, 0) is 18.4 Å². The van der Waals surface area contributed by atoms with Crippen LogP contribution >= 0.6 is 0 Å². The van der Waals surface area contributed by atoms with E-state index in [2.05, 4.69) is 34.5 Å². The molecule has 0 spiro atoms. The summed E-state index contributed by atoms with van der Waals surface area (Å²) in [5.74, 6) is 0.473. The van der Waals surface area contributed by atoms with Crippen LogP contribution in [0.1, 0.15) is 31.2 Å². The zero-order valence-corrected chi connectivity index (χ0v) is 12.2. The van der Waals surface area contributed by atoms with Crippen LogP contribution in [0.25, 0.3) is 0 Å². The van der Waals surface area contributed by atoms with Crippen molar-refractivity contribution in [2.24, 2.45) is 5.73 Å². The predicted molar refractivity (Wildman–Crippen MR) is 81.5 cm³/mol. The minimum Gasteiger partial charge on any atom is -0.354 e. The zero-order chi connectivity index (χ0) is 14.4. The van der Waals surface area contributed by atoms with Gasteiger partial charge in [0.1, 0.15) is 0 Å². The molecule has 1 aliphatic heterocycles. The normalized spacial score (nSPS) is 18.7. The largest absolute Gasteiger partial charge is 0.354 e. The summed E-state index contributed by atoms with van der Waals surface area (Å²) < 4.78 is 0. The van der Waals surface area contributed by atoms with E-state index in [0.717, 1.165) is 32.5 Å². The van der Waals surface area contributed by atoms with Crippen molar-refractivity contribution in [2.45, 2.75) is 31.7 Å². The van der Waals surface area contributed by atoms with Crippen molar-refractivity contribution in [3.8, 4) is 0 Å². The summed E-state index contributed by atoms with van der Waals surface area (Å²) in [5, 5.41) is 3.01. The Bertz CT molecular complexity index is 413. The minimum absolute atomic E-state index is 0.0765. The first-order valence-electron chi connectivity index (χ1n) is 7.43. The number of nitrogens with one attached hydrogen (secondary N) is 1. The molecule has 1 amide bonds. The van der Waals surface area contributed by atoms with Gasteiger partial charge in [0.2, 0.25) is 5.91 Å². The Morgan fingerprint density at radius 1 is 1.35 bits per heavy atom. The number of amides is 1. The first-order chi connectivity index (χ1) is 9.69. The maximum absolute atomic E-state index is 11.1. The summed E-state index contributed by atoms with van der Waals surface area (Å²) in [4.78, 5) is 13.5. The second-order valence-corrected chi connectivity index (χ2v) is 5.62. The van der Waals surface area contributed by atoms with Crippen molar-refractivity contribution in [1.29, 1.82) is 0 Å². The van der Waals surface area contributed by atoms with E-state index in [9.17, 15) is 4.79 Å². The Hall–Kier alpha value is -1.39. The lowest BCUT2D eigenvalue weighted by Gasteiger charge is -2.34. The number of carbonyl (C=O) groups is 1. The summed E-state index contributed by atoms with van der Waals surface area (Å²) in [6.07, 6.45) is 2.07. The number of piperidine rings is 1. The first-order valence-corrected chi connectivity index (χ1v) is 7.43. The smallest absolute Gasteiger partial charge is 0.217 e. The van der Waals surface area contributed by atoms with Crippen LogP contribution in [0.5, 0.6) is 0 Å².